The smallest absolute Gasteiger partial charge is 0.0707 e. The third kappa shape index (κ3) is 3.02. The summed E-state index contributed by atoms with van der Waals surface area (Å²) in [6, 6.07) is 13.6. The number of hydrogen-bond acceptors (Lipinski definition) is 3. The SMILES string of the molecule is Ic1ccccc1[C@@H](c1cccs1)N1CCNCC1. The van der Waals surface area contributed by atoms with E-state index in [0.29, 0.717) is 6.04 Å². The molecule has 1 aliphatic heterocycles. The van der Waals surface area contributed by atoms with Crippen LogP contribution in [0, 0.1) is 3.57 Å². The molecule has 1 fully saturated rings. The van der Waals surface area contributed by atoms with E-state index in [2.05, 4.69) is 74.6 Å². The largest absolute Gasteiger partial charge is 0.314 e. The third-order valence-corrected chi connectivity index (χ3v) is 5.44. The maximum absolute atomic E-state index is 3.44. The molecule has 0 amide bonds. The molecule has 0 aliphatic carbocycles. The average molecular weight is 384 g/mol. The predicted octanol–water partition coefficient (Wildman–Crippen LogP) is 3.35. The van der Waals surface area contributed by atoms with Crippen LogP contribution in [0.4, 0.5) is 0 Å². The molecule has 2 heterocycles. The van der Waals surface area contributed by atoms with Crippen molar-refractivity contribution in [1.82, 2.24) is 10.2 Å². The molecule has 1 aliphatic rings. The van der Waals surface area contributed by atoms with Crippen molar-refractivity contribution in [3.05, 3.63) is 55.8 Å². The molecular formula is C15H17IN2S. The minimum absolute atomic E-state index is 0.412. The molecule has 19 heavy (non-hydrogen) atoms. The van der Waals surface area contributed by atoms with Crippen molar-refractivity contribution in [1.29, 1.82) is 0 Å². The molecule has 0 saturated carbocycles. The summed E-state index contributed by atoms with van der Waals surface area (Å²) in [5.41, 5.74) is 1.44. The first-order valence-electron chi connectivity index (χ1n) is 6.59. The Kier molecular flexibility index (Phi) is 4.53. The van der Waals surface area contributed by atoms with Gasteiger partial charge in [0.05, 0.1) is 6.04 Å². The second-order valence-electron chi connectivity index (χ2n) is 4.73. The monoisotopic (exact) mass is 384 g/mol. The van der Waals surface area contributed by atoms with Crippen molar-refractivity contribution in [2.24, 2.45) is 0 Å². The maximum Gasteiger partial charge on any atom is 0.0707 e. The first-order valence-corrected chi connectivity index (χ1v) is 8.55. The second-order valence-corrected chi connectivity index (χ2v) is 6.87. The van der Waals surface area contributed by atoms with E-state index in [0.717, 1.165) is 26.2 Å². The summed E-state index contributed by atoms with van der Waals surface area (Å²) in [4.78, 5) is 4.05. The summed E-state index contributed by atoms with van der Waals surface area (Å²) in [7, 11) is 0. The zero-order valence-electron chi connectivity index (χ0n) is 10.7. The van der Waals surface area contributed by atoms with E-state index >= 15 is 0 Å². The Hall–Kier alpha value is -0.430. The highest BCUT2D eigenvalue weighted by molar-refractivity contribution is 14.1. The lowest BCUT2D eigenvalue weighted by Gasteiger charge is -2.35. The quantitative estimate of drug-likeness (QED) is 0.817. The maximum atomic E-state index is 3.44. The predicted molar refractivity (Wildman–Crippen MR) is 89.8 cm³/mol. The number of rotatable bonds is 3. The summed E-state index contributed by atoms with van der Waals surface area (Å²) >= 11 is 4.32. The summed E-state index contributed by atoms with van der Waals surface area (Å²) in [5, 5.41) is 5.62. The zero-order valence-corrected chi connectivity index (χ0v) is 13.7. The Bertz CT molecular complexity index is 521. The topological polar surface area (TPSA) is 15.3 Å². The fraction of sp³-hybridized carbons (Fsp3) is 0.333. The highest BCUT2D eigenvalue weighted by Crippen LogP contribution is 2.34. The van der Waals surface area contributed by atoms with Crippen LogP contribution in [-0.4, -0.2) is 31.1 Å². The van der Waals surface area contributed by atoms with Crippen LogP contribution in [0.15, 0.2) is 41.8 Å². The Balaban J connectivity index is 1.99. The lowest BCUT2D eigenvalue weighted by atomic mass is 10.0. The molecule has 0 radical (unpaired) electrons. The van der Waals surface area contributed by atoms with Crippen LogP contribution in [0.3, 0.4) is 0 Å². The van der Waals surface area contributed by atoms with Crippen molar-refractivity contribution in [3.63, 3.8) is 0 Å². The molecule has 4 heteroatoms. The fourth-order valence-electron chi connectivity index (χ4n) is 2.61. The van der Waals surface area contributed by atoms with Gasteiger partial charge in [0.15, 0.2) is 0 Å². The zero-order chi connectivity index (χ0) is 13.1. The Morgan fingerprint density at radius 2 is 1.89 bits per heavy atom. The first-order chi connectivity index (χ1) is 9.36. The van der Waals surface area contributed by atoms with E-state index < -0.39 is 0 Å². The number of nitrogens with one attached hydrogen (secondary N) is 1. The van der Waals surface area contributed by atoms with Gasteiger partial charge in [-0.1, -0.05) is 24.3 Å². The minimum atomic E-state index is 0.412. The normalized spacial score (nSPS) is 18.4. The van der Waals surface area contributed by atoms with Crippen molar-refractivity contribution in [2.75, 3.05) is 26.2 Å². The van der Waals surface area contributed by atoms with Gasteiger partial charge in [0, 0.05) is 34.6 Å². The molecule has 1 aromatic carbocycles. The van der Waals surface area contributed by atoms with Crippen LogP contribution >= 0.6 is 33.9 Å². The third-order valence-electron chi connectivity index (χ3n) is 3.53. The van der Waals surface area contributed by atoms with Crippen LogP contribution in [0.1, 0.15) is 16.5 Å². The van der Waals surface area contributed by atoms with Gasteiger partial charge >= 0.3 is 0 Å². The molecular weight excluding hydrogens is 367 g/mol. The number of halogens is 1. The minimum Gasteiger partial charge on any atom is -0.314 e. The van der Waals surface area contributed by atoms with Crippen LogP contribution < -0.4 is 5.32 Å². The van der Waals surface area contributed by atoms with E-state index in [1.54, 1.807) is 0 Å². The van der Waals surface area contributed by atoms with Crippen molar-refractivity contribution >= 4 is 33.9 Å². The number of piperazine rings is 1. The fourth-order valence-corrected chi connectivity index (χ4v) is 4.17. The molecule has 0 unspecified atom stereocenters. The van der Waals surface area contributed by atoms with E-state index in [9.17, 15) is 0 Å². The van der Waals surface area contributed by atoms with E-state index in [1.165, 1.54) is 14.0 Å². The Labute approximate surface area is 132 Å². The highest BCUT2D eigenvalue weighted by Gasteiger charge is 2.25. The number of benzene rings is 1. The molecule has 1 N–H and O–H groups in total. The van der Waals surface area contributed by atoms with Crippen molar-refractivity contribution in [3.8, 4) is 0 Å². The summed E-state index contributed by atoms with van der Waals surface area (Å²) < 4.78 is 1.36. The highest BCUT2D eigenvalue weighted by atomic mass is 127. The number of hydrogen-bond donors (Lipinski definition) is 1. The van der Waals surface area contributed by atoms with Gasteiger partial charge in [-0.3, -0.25) is 4.90 Å². The standard InChI is InChI=1S/C15H17IN2S/c16-13-5-2-1-4-12(13)15(14-6-3-11-19-14)18-9-7-17-8-10-18/h1-6,11,15,17H,7-10H2/t15-/m0/s1. The van der Waals surface area contributed by atoms with Crippen LogP contribution in [0.2, 0.25) is 0 Å². The Morgan fingerprint density at radius 3 is 2.58 bits per heavy atom. The van der Waals surface area contributed by atoms with Gasteiger partial charge in [-0.2, -0.15) is 0 Å². The molecule has 0 spiro atoms. The van der Waals surface area contributed by atoms with E-state index in [4.69, 9.17) is 0 Å². The van der Waals surface area contributed by atoms with Gasteiger partial charge in [-0.15, -0.1) is 11.3 Å². The average Bonchev–Trinajstić information content (AvgIpc) is 2.96. The molecule has 2 nitrogen and oxygen atoms in total. The molecule has 100 valence electrons. The van der Waals surface area contributed by atoms with E-state index in [1.807, 2.05) is 11.3 Å². The van der Waals surface area contributed by atoms with Crippen LogP contribution in [0.25, 0.3) is 0 Å². The van der Waals surface area contributed by atoms with Crippen LogP contribution in [-0.2, 0) is 0 Å². The van der Waals surface area contributed by atoms with Crippen LogP contribution in [0.5, 0.6) is 0 Å². The van der Waals surface area contributed by atoms with Crippen molar-refractivity contribution < 1.29 is 0 Å². The van der Waals surface area contributed by atoms with Gasteiger partial charge in [-0.25, -0.2) is 0 Å². The summed E-state index contributed by atoms with van der Waals surface area (Å²) in [6.07, 6.45) is 0. The summed E-state index contributed by atoms with van der Waals surface area (Å²) in [6.45, 7) is 4.41. The summed E-state index contributed by atoms with van der Waals surface area (Å²) in [5.74, 6) is 0. The van der Waals surface area contributed by atoms with Gasteiger partial charge < -0.3 is 5.32 Å². The lowest BCUT2D eigenvalue weighted by molar-refractivity contribution is 0.200. The molecule has 2 aromatic rings. The molecule has 1 atom stereocenters. The first kappa shape index (κ1) is 13.5. The Morgan fingerprint density at radius 1 is 1.11 bits per heavy atom. The molecule has 1 aromatic heterocycles. The lowest BCUT2D eigenvalue weighted by Crippen LogP contribution is -2.45. The number of thiophene rings is 1. The van der Waals surface area contributed by atoms with Crippen molar-refractivity contribution in [2.45, 2.75) is 6.04 Å². The second kappa shape index (κ2) is 6.35. The van der Waals surface area contributed by atoms with Gasteiger partial charge in [0.1, 0.15) is 0 Å². The molecule has 1 saturated heterocycles. The van der Waals surface area contributed by atoms with Gasteiger partial charge in [-0.05, 0) is 45.7 Å². The molecule has 0 bridgehead atoms. The van der Waals surface area contributed by atoms with Gasteiger partial charge in [0.2, 0.25) is 0 Å². The number of nitrogens with zero attached hydrogens (tertiary/aromatic N) is 1. The van der Waals surface area contributed by atoms with E-state index in [-0.39, 0.29) is 0 Å². The molecule has 3 rings (SSSR count). The van der Waals surface area contributed by atoms with Gasteiger partial charge in [0.25, 0.3) is 0 Å².